The Morgan fingerprint density at radius 2 is 1.90 bits per heavy atom. The van der Waals surface area contributed by atoms with Crippen molar-refractivity contribution in [3.63, 3.8) is 0 Å². The minimum Gasteiger partial charge on any atom is -0.339 e. The van der Waals surface area contributed by atoms with E-state index in [0.29, 0.717) is 24.1 Å². The van der Waals surface area contributed by atoms with Crippen LogP contribution in [0.3, 0.4) is 0 Å². The SMILES string of the molecule is CC1C(=O)N(CCCN2CCC3(CC2)CC3)CCN1C(=O)/C=C/c1ccc(F)c(Cl)c1. The highest BCUT2D eigenvalue weighted by Gasteiger charge is 2.44. The van der Waals surface area contributed by atoms with Crippen LogP contribution in [0.25, 0.3) is 6.08 Å². The van der Waals surface area contributed by atoms with E-state index in [-0.39, 0.29) is 16.8 Å². The second kappa shape index (κ2) is 9.29. The van der Waals surface area contributed by atoms with Crippen molar-refractivity contribution in [3.05, 3.63) is 40.7 Å². The van der Waals surface area contributed by atoms with Crippen molar-refractivity contribution in [2.45, 2.75) is 45.1 Å². The van der Waals surface area contributed by atoms with Crippen LogP contribution in [0.2, 0.25) is 5.02 Å². The number of hydrogen-bond donors (Lipinski definition) is 0. The summed E-state index contributed by atoms with van der Waals surface area (Å²) in [6.45, 7) is 7.04. The molecule has 3 fully saturated rings. The molecule has 1 aromatic carbocycles. The zero-order valence-electron chi connectivity index (χ0n) is 18.2. The average Bonchev–Trinajstić information content (AvgIpc) is 3.52. The molecule has 1 spiro atoms. The Bertz CT molecular complexity index is 860. The molecule has 7 heteroatoms. The van der Waals surface area contributed by atoms with Gasteiger partial charge in [-0.2, -0.15) is 0 Å². The predicted molar refractivity (Wildman–Crippen MR) is 120 cm³/mol. The van der Waals surface area contributed by atoms with E-state index >= 15 is 0 Å². The number of carbonyl (C=O) groups excluding carboxylic acids is 2. The van der Waals surface area contributed by atoms with Gasteiger partial charge in [-0.3, -0.25) is 9.59 Å². The lowest BCUT2D eigenvalue weighted by atomic mass is 9.94. The minimum absolute atomic E-state index is 0.00778. The third-order valence-electron chi connectivity index (χ3n) is 7.17. The van der Waals surface area contributed by atoms with Crippen LogP contribution in [0.4, 0.5) is 4.39 Å². The van der Waals surface area contributed by atoms with Crippen molar-refractivity contribution < 1.29 is 14.0 Å². The van der Waals surface area contributed by atoms with Gasteiger partial charge >= 0.3 is 0 Å². The van der Waals surface area contributed by atoms with Gasteiger partial charge in [-0.25, -0.2) is 4.39 Å². The van der Waals surface area contributed by atoms with Gasteiger partial charge in [-0.1, -0.05) is 17.7 Å². The fraction of sp³-hybridized carbons (Fsp3) is 0.583. The molecule has 1 unspecified atom stereocenters. The van der Waals surface area contributed by atoms with Crippen LogP contribution >= 0.6 is 11.6 Å². The van der Waals surface area contributed by atoms with Gasteiger partial charge in [-0.15, -0.1) is 0 Å². The molecule has 3 aliphatic rings. The second-order valence-corrected chi connectivity index (χ2v) is 9.64. The highest BCUT2D eigenvalue weighted by Crippen LogP contribution is 2.53. The molecule has 4 rings (SSSR count). The molecule has 0 bridgehead atoms. The lowest BCUT2D eigenvalue weighted by Gasteiger charge is -2.39. The van der Waals surface area contributed by atoms with Gasteiger partial charge in [0.05, 0.1) is 5.02 Å². The molecule has 2 heterocycles. The summed E-state index contributed by atoms with van der Waals surface area (Å²) in [5, 5.41) is 0.0170. The largest absolute Gasteiger partial charge is 0.339 e. The van der Waals surface area contributed by atoms with Gasteiger partial charge in [0.2, 0.25) is 11.8 Å². The normalized spacial score (nSPS) is 23.7. The quantitative estimate of drug-likeness (QED) is 0.623. The topological polar surface area (TPSA) is 43.9 Å². The van der Waals surface area contributed by atoms with E-state index < -0.39 is 11.9 Å². The third-order valence-corrected chi connectivity index (χ3v) is 7.46. The summed E-state index contributed by atoms with van der Waals surface area (Å²) >= 11 is 5.79. The van der Waals surface area contributed by atoms with Crippen molar-refractivity contribution in [3.8, 4) is 0 Å². The summed E-state index contributed by atoms with van der Waals surface area (Å²) in [6.07, 6.45) is 9.51. The summed E-state index contributed by atoms with van der Waals surface area (Å²) in [4.78, 5) is 31.4. The van der Waals surface area contributed by atoms with Gasteiger partial charge in [-0.05, 0) is 87.8 Å². The average molecular weight is 448 g/mol. The summed E-state index contributed by atoms with van der Waals surface area (Å²) in [6, 6.07) is 3.82. The molecule has 168 valence electrons. The summed E-state index contributed by atoms with van der Waals surface area (Å²) in [5.74, 6) is -0.704. The van der Waals surface area contributed by atoms with Crippen LogP contribution < -0.4 is 0 Å². The Balaban J connectivity index is 1.23. The first-order valence-electron chi connectivity index (χ1n) is 11.3. The van der Waals surface area contributed by atoms with E-state index in [1.54, 1.807) is 24.0 Å². The maximum atomic E-state index is 13.3. The van der Waals surface area contributed by atoms with E-state index in [1.807, 2.05) is 4.90 Å². The molecule has 1 saturated carbocycles. The van der Waals surface area contributed by atoms with E-state index in [4.69, 9.17) is 11.6 Å². The molecule has 2 aliphatic heterocycles. The van der Waals surface area contributed by atoms with Crippen molar-refractivity contribution in [1.82, 2.24) is 14.7 Å². The van der Waals surface area contributed by atoms with E-state index in [0.717, 1.165) is 19.5 Å². The van der Waals surface area contributed by atoms with Crippen molar-refractivity contribution in [2.75, 3.05) is 39.3 Å². The number of benzene rings is 1. The summed E-state index contributed by atoms with van der Waals surface area (Å²) in [7, 11) is 0. The Labute approximate surface area is 188 Å². The van der Waals surface area contributed by atoms with Crippen LogP contribution in [0.5, 0.6) is 0 Å². The first kappa shape index (κ1) is 22.3. The molecular weight excluding hydrogens is 417 g/mol. The molecule has 31 heavy (non-hydrogen) atoms. The summed E-state index contributed by atoms with van der Waals surface area (Å²) in [5.41, 5.74) is 1.34. The molecule has 0 N–H and O–H groups in total. The molecule has 5 nitrogen and oxygen atoms in total. The lowest BCUT2D eigenvalue weighted by Crippen LogP contribution is -2.57. The maximum Gasteiger partial charge on any atom is 0.247 e. The molecular formula is C24H31ClFN3O2. The number of likely N-dealkylation sites (tertiary alicyclic amines) is 1. The molecule has 1 atom stereocenters. The zero-order valence-corrected chi connectivity index (χ0v) is 18.9. The zero-order chi connectivity index (χ0) is 22.0. The number of rotatable bonds is 6. The number of piperazine rings is 1. The lowest BCUT2D eigenvalue weighted by molar-refractivity contribution is -0.148. The Kier molecular flexibility index (Phi) is 6.68. The van der Waals surface area contributed by atoms with E-state index in [2.05, 4.69) is 4.90 Å². The van der Waals surface area contributed by atoms with Crippen LogP contribution in [0, 0.1) is 11.2 Å². The number of halogens is 2. The predicted octanol–water partition coefficient (Wildman–Crippen LogP) is 3.82. The van der Waals surface area contributed by atoms with Gasteiger partial charge in [0.25, 0.3) is 0 Å². The van der Waals surface area contributed by atoms with Crippen molar-refractivity contribution in [2.24, 2.45) is 5.41 Å². The van der Waals surface area contributed by atoms with Crippen molar-refractivity contribution in [1.29, 1.82) is 0 Å². The van der Waals surface area contributed by atoms with Gasteiger partial charge in [0.15, 0.2) is 0 Å². The molecule has 1 aliphatic carbocycles. The highest BCUT2D eigenvalue weighted by atomic mass is 35.5. The number of carbonyl (C=O) groups is 2. The van der Waals surface area contributed by atoms with Crippen molar-refractivity contribution >= 4 is 29.5 Å². The molecule has 0 aromatic heterocycles. The smallest absolute Gasteiger partial charge is 0.247 e. The Morgan fingerprint density at radius 1 is 1.16 bits per heavy atom. The summed E-state index contributed by atoms with van der Waals surface area (Å²) < 4.78 is 13.3. The Hall–Kier alpha value is -1.92. The fourth-order valence-corrected chi connectivity index (χ4v) is 4.93. The first-order valence-corrected chi connectivity index (χ1v) is 11.7. The minimum atomic E-state index is -0.493. The van der Waals surface area contributed by atoms with Crippen LogP contribution in [-0.4, -0.2) is 71.8 Å². The highest BCUT2D eigenvalue weighted by molar-refractivity contribution is 6.30. The van der Waals surface area contributed by atoms with Crippen LogP contribution in [0.15, 0.2) is 24.3 Å². The third kappa shape index (κ3) is 5.29. The number of amides is 2. The van der Waals surface area contributed by atoms with Gasteiger partial charge in [0.1, 0.15) is 11.9 Å². The van der Waals surface area contributed by atoms with Gasteiger partial charge < -0.3 is 14.7 Å². The maximum absolute atomic E-state index is 13.3. The van der Waals surface area contributed by atoms with Crippen LogP contribution in [0.1, 0.15) is 44.6 Å². The number of nitrogens with zero attached hydrogens (tertiary/aromatic N) is 3. The number of hydrogen-bond acceptors (Lipinski definition) is 3. The van der Waals surface area contributed by atoms with Gasteiger partial charge in [0, 0.05) is 25.7 Å². The number of piperidine rings is 1. The first-order chi connectivity index (χ1) is 14.9. The van der Waals surface area contributed by atoms with E-state index in [9.17, 15) is 14.0 Å². The molecule has 0 radical (unpaired) electrons. The molecule has 1 aromatic rings. The fourth-order valence-electron chi connectivity index (χ4n) is 4.75. The second-order valence-electron chi connectivity index (χ2n) is 9.23. The molecule has 2 saturated heterocycles. The standard InChI is InChI=1S/C24H31ClFN3O2/c1-18-23(31)28(12-2-11-27-13-9-24(7-8-24)10-14-27)15-16-29(18)22(30)6-4-19-3-5-21(26)20(25)17-19/h3-6,17-18H,2,7-16H2,1H3/b6-4+. The monoisotopic (exact) mass is 447 g/mol. The Morgan fingerprint density at radius 3 is 2.58 bits per heavy atom. The van der Waals surface area contributed by atoms with E-state index in [1.165, 1.54) is 57.0 Å². The van der Waals surface area contributed by atoms with Crippen LogP contribution in [-0.2, 0) is 9.59 Å². The molecule has 2 amide bonds.